The Labute approximate surface area is 164 Å². The highest BCUT2D eigenvalue weighted by atomic mass is 19.2. The van der Waals surface area contributed by atoms with Crippen molar-refractivity contribution in [3.8, 4) is 0 Å². The molecule has 2 aliphatic heterocycles. The van der Waals surface area contributed by atoms with E-state index in [4.69, 9.17) is 5.73 Å². The normalized spacial score (nSPS) is 21.5. The van der Waals surface area contributed by atoms with Gasteiger partial charge in [0, 0.05) is 36.8 Å². The number of hydrogen-bond acceptors (Lipinski definition) is 4. The van der Waals surface area contributed by atoms with E-state index in [9.17, 15) is 22.8 Å². The predicted molar refractivity (Wildman–Crippen MR) is 97.5 cm³/mol. The standard InChI is InChI=1S/C18H19F3N6O2/c1-9-6-27-15(14(5-23-27)26-7-10(22)2-16(26)28)8-25(9)18(29)24-11-3-12(19)17(21)13(20)4-11/h3-5,9-10H,2,6-8,22H2,1H3,(H,24,29)/t9-,10?/m0/s1. The van der Waals surface area contributed by atoms with Gasteiger partial charge in [-0.25, -0.2) is 18.0 Å². The van der Waals surface area contributed by atoms with Crippen LogP contribution in [0.25, 0.3) is 0 Å². The number of rotatable bonds is 2. The van der Waals surface area contributed by atoms with E-state index in [1.54, 1.807) is 22.7 Å². The first-order valence-corrected chi connectivity index (χ1v) is 9.07. The number of nitrogens with one attached hydrogen (secondary N) is 1. The molecule has 8 nitrogen and oxygen atoms in total. The Balaban J connectivity index is 1.56. The summed E-state index contributed by atoms with van der Waals surface area (Å²) in [6, 6.07) is 0.284. The molecule has 1 fully saturated rings. The molecule has 3 heterocycles. The second kappa shape index (κ2) is 7.07. The van der Waals surface area contributed by atoms with Crippen LogP contribution in [0.1, 0.15) is 19.0 Å². The van der Waals surface area contributed by atoms with E-state index in [1.807, 2.05) is 0 Å². The molecule has 0 aliphatic carbocycles. The van der Waals surface area contributed by atoms with Gasteiger partial charge in [-0.3, -0.25) is 9.48 Å². The molecule has 0 spiro atoms. The van der Waals surface area contributed by atoms with Crippen molar-refractivity contribution < 1.29 is 22.8 Å². The largest absolute Gasteiger partial charge is 0.326 e. The molecule has 2 aliphatic rings. The number of hydrogen-bond donors (Lipinski definition) is 2. The summed E-state index contributed by atoms with van der Waals surface area (Å²) in [6.07, 6.45) is 1.82. The maximum absolute atomic E-state index is 13.4. The van der Waals surface area contributed by atoms with Gasteiger partial charge in [-0.15, -0.1) is 0 Å². The van der Waals surface area contributed by atoms with Crippen molar-refractivity contribution >= 4 is 23.3 Å². The number of halogens is 3. The third-order valence-electron chi connectivity index (χ3n) is 5.16. The maximum Gasteiger partial charge on any atom is 0.322 e. The van der Waals surface area contributed by atoms with Crippen molar-refractivity contribution in [2.75, 3.05) is 16.8 Å². The minimum Gasteiger partial charge on any atom is -0.326 e. The zero-order valence-electron chi connectivity index (χ0n) is 15.5. The highest BCUT2D eigenvalue weighted by Crippen LogP contribution is 2.30. The van der Waals surface area contributed by atoms with Gasteiger partial charge in [0.1, 0.15) is 0 Å². The van der Waals surface area contributed by atoms with Crippen molar-refractivity contribution in [1.29, 1.82) is 0 Å². The number of fused-ring (bicyclic) bond motifs is 1. The van der Waals surface area contributed by atoms with Crippen molar-refractivity contribution in [2.24, 2.45) is 5.73 Å². The number of benzene rings is 1. The number of urea groups is 1. The molecule has 3 amide bonds. The number of carbonyl (C=O) groups excluding carboxylic acids is 2. The molecule has 1 saturated heterocycles. The van der Waals surface area contributed by atoms with Crippen LogP contribution in [0.15, 0.2) is 18.3 Å². The Morgan fingerprint density at radius 3 is 2.55 bits per heavy atom. The third kappa shape index (κ3) is 3.41. The first-order chi connectivity index (χ1) is 13.7. The van der Waals surface area contributed by atoms with Gasteiger partial charge in [0.2, 0.25) is 5.91 Å². The van der Waals surface area contributed by atoms with Crippen LogP contribution in [0.5, 0.6) is 0 Å². The van der Waals surface area contributed by atoms with E-state index in [-0.39, 0.29) is 36.6 Å². The van der Waals surface area contributed by atoms with E-state index < -0.39 is 23.5 Å². The summed E-state index contributed by atoms with van der Waals surface area (Å²) in [5.41, 5.74) is 6.92. The van der Waals surface area contributed by atoms with Gasteiger partial charge in [0.15, 0.2) is 17.5 Å². The number of amides is 3. The summed E-state index contributed by atoms with van der Waals surface area (Å²) in [5.74, 6) is -4.50. The average molecular weight is 408 g/mol. The smallest absolute Gasteiger partial charge is 0.322 e. The third-order valence-corrected chi connectivity index (χ3v) is 5.16. The fraction of sp³-hybridized carbons (Fsp3) is 0.389. The Morgan fingerprint density at radius 1 is 1.24 bits per heavy atom. The molecule has 29 heavy (non-hydrogen) atoms. The van der Waals surface area contributed by atoms with Crippen molar-refractivity contribution in [3.63, 3.8) is 0 Å². The quantitative estimate of drug-likeness (QED) is 0.741. The molecule has 2 atom stereocenters. The molecule has 1 aromatic carbocycles. The molecule has 11 heteroatoms. The predicted octanol–water partition coefficient (Wildman–Crippen LogP) is 1.80. The number of anilines is 2. The monoisotopic (exact) mass is 408 g/mol. The minimum atomic E-state index is -1.60. The van der Waals surface area contributed by atoms with Gasteiger partial charge in [0.25, 0.3) is 0 Å². The van der Waals surface area contributed by atoms with Crippen molar-refractivity contribution in [3.05, 3.63) is 41.5 Å². The molecular weight excluding hydrogens is 389 g/mol. The van der Waals surface area contributed by atoms with E-state index in [1.165, 1.54) is 4.90 Å². The highest BCUT2D eigenvalue weighted by Gasteiger charge is 2.35. The highest BCUT2D eigenvalue weighted by molar-refractivity contribution is 5.97. The first kappa shape index (κ1) is 19.2. The van der Waals surface area contributed by atoms with E-state index in [2.05, 4.69) is 10.4 Å². The molecule has 0 radical (unpaired) electrons. The summed E-state index contributed by atoms with van der Waals surface area (Å²) in [5, 5.41) is 6.69. The fourth-order valence-electron chi connectivity index (χ4n) is 3.68. The zero-order chi connectivity index (χ0) is 20.9. The lowest BCUT2D eigenvalue weighted by atomic mass is 10.2. The van der Waals surface area contributed by atoms with Crippen LogP contribution in [0.4, 0.5) is 29.3 Å². The van der Waals surface area contributed by atoms with Crippen LogP contribution in [0.2, 0.25) is 0 Å². The molecule has 1 unspecified atom stereocenters. The van der Waals surface area contributed by atoms with Crippen LogP contribution < -0.4 is 16.0 Å². The van der Waals surface area contributed by atoms with Crippen LogP contribution in [0, 0.1) is 17.5 Å². The summed E-state index contributed by atoms with van der Waals surface area (Å²) in [7, 11) is 0. The summed E-state index contributed by atoms with van der Waals surface area (Å²) >= 11 is 0. The van der Waals surface area contributed by atoms with Gasteiger partial charge in [0.05, 0.1) is 36.7 Å². The molecule has 1 aromatic heterocycles. The molecule has 154 valence electrons. The first-order valence-electron chi connectivity index (χ1n) is 9.07. The number of aromatic nitrogens is 2. The van der Waals surface area contributed by atoms with Crippen molar-refractivity contribution in [2.45, 2.75) is 38.5 Å². The molecule has 0 bridgehead atoms. The molecular formula is C18H19F3N6O2. The number of nitrogens with two attached hydrogens (primary N) is 1. The minimum absolute atomic E-state index is 0.111. The average Bonchev–Trinajstić information content (AvgIpc) is 3.20. The fourth-order valence-corrected chi connectivity index (χ4v) is 3.68. The number of carbonyl (C=O) groups is 2. The lowest BCUT2D eigenvalue weighted by molar-refractivity contribution is -0.117. The van der Waals surface area contributed by atoms with Crippen molar-refractivity contribution in [1.82, 2.24) is 14.7 Å². The maximum atomic E-state index is 13.4. The van der Waals surface area contributed by atoms with Gasteiger partial charge >= 0.3 is 6.03 Å². The summed E-state index contributed by atoms with van der Waals surface area (Å²) in [4.78, 5) is 27.9. The summed E-state index contributed by atoms with van der Waals surface area (Å²) in [6.45, 7) is 2.68. The Hall–Kier alpha value is -3.08. The lowest BCUT2D eigenvalue weighted by Gasteiger charge is -2.35. The second-order valence-electron chi connectivity index (χ2n) is 7.29. The van der Waals surface area contributed by atoms with Crippen LogP contribution in [-0.2, 0) is 17.9 Å². The van der Waals surface area contributed by atoms with Gasteiger partial charge in [-0.2, -0.15) is 5.10 Å². The van der Waals surface area contributed by atoms with Crippen LogP contribution in [-0.4, -0.2) is 45.2 Å². The van der Waals surface area contributed by atoms with E-state index in [0.29, 0.717) is 36.6 Å². The van der Waals surface area contributed by atoms with E-state index >= 15 is 0 Å². The number of nitrogens with zero attached hydrogens (tertiary/aromatic N) is 4. The molecule has 4 rings (SSSR count). The van der Waals surface area contributed by atoms with Gasteiger partial charge < -0.3 is 20.9 Å². The zero-order valence-corrected chi connectivity index (χ0v) is 15.5. The van der Waals surface area contributed by atoms with Gasteiger partial charge in [-0.1, -0.05) is 0 Å². The second-order valence-corrected chi connectivity index (χ2v) is 7.29. The van der Waals surface area contributed by atoms with Crippen LogP contribution >= 0.6 is 0 Å². The topological polar surface area (TPSA) is 96.5 Å². The Morgan fingerprint density at radius 2 is 1.93 bits per heavy atom. The lowest BCUT2D eigenvalue weighted by Crippen LogP contribution is -2.47. The molecule has 3 N–H and O–H groups in total. The summed E-state index contributed by atoms with van der Waals surface area (Å²) < 4.78 is 41.7. The SMILES string of the molecule is C[C@H]1Cn2ncc(N3CC(N)CC3=O)c2CN1C(=O)Nc1cc(F)c(F)c(F)c1. The molecule has 0 saturated carbocycles. The van der Waals surface area contributed by atoms with E-state index in [0.717, 1.165) is 0 Å². The molecule has 2 aromatic rings. The van der Waals surface area contributed by atoms with Crippen LogP contribution in [0.3, 0.4) is 0 Å². The Bertz CT molecular complexity index is 971. The Kier molecular flexibility index (Phi) is 4.69. The van der Waals surface area contributed by atoms with Gasteiger partial charge in [-0.05, 0) is 6.92 Å².